The molecule has 2 unspecified atom stereocenters. The minimum absolute atomic E-state index is 0.829. The smallest absolute Gasteiger partial charge is 0.0120 e. The lowest BCUT2D eigenvalue weighted by atomic mass is 9.73. The Morgan fingerprint density at radius 3 is 1.58 bits per heavy atom. The topological polar surface area (TPSA) is 6.48 Å². The first-order valence-electron chi connectivity index (χ1n) is 12.0. The van der Waals surface area contributed by atoms with E-state index in [0.717, 1.165) is 23.9 Å². The number of nitrogens with zero attached hydrogens (tertiary/aromatic N) is 2. The normalized spacial score (nSPS) is 23.5. The number of hydrogen-bond donors (Lipinski definition) is 0. The largest absolute Gasteiger partial charge is 0.303 e. The molecule has 2 atom stereocenters. The van der Waals surface area contributed by atoms with Crippen LogP contribution in [0.1, 0.15) is 105 Å². The molecule has 1 rings (SSSR count). The summed E-state index contributed by atoms with van der Waals surface area (Å²) in [7, 11) is 4.77. The van der Waals surface area contributed by atoms with Crippen molar-refractivity contribution in [2.24, 2.45) is 11.8 Å². The zero-order valence-corrected chi connectivity index (χ0v) is 19.1. The lowest BCUT2D eigenvalue weighted by Crippen LogP contribution is -2.44. The predicted octanol–water partition coefficient (Wildman–Crippen LogP) is 6.59. The zero-order chi connectivity index (χ0) is 19.4. The first-order chi connectivity index (χ1) is 12.6. The zero-order valence-electron chi connectivity index (χ0n) is 19.1. The van der Waals surface area contributed by atoms with E-state index in [2.05, 4.69) is 51.6 Å². The van der Waals surface area contributed by atoms with E-state index in [0.29, 0.717) is 0 Å². The van der Waals surface area contributed by atoms with Crippen LogP contribution in [0.15, 0.2) is 0 Å². The van der Waals surface area contributed by atoms with Gasteiger partial charge < -0.3 is 9.80 Å². The van der Waals surface area contributed by atoms with Gasteiger partial charge in [0, 0.05) is 12.1 Å². The van der Waals surface area contributed by atoms with Crippen LogP contribution in [0.25, 0.3) is 0 Å². The summed E-state index contributed by atoms with van der Waals surface area (Å²) in [4.78, 5) is 5.40. The van der Waals surface area contributed by atoms with Gasteiger partial charge in [0.25, 0.3) is 0 Å². The van der Waals surface area contributed by atoms with Crippen LogP contribution in [0.4, 0.5) is 0 Å². The molecule has 1 aliphatic carbocycles. The van der Waals surface area contributed by atoms with Gasteiger partial charge in [-0.3, -0.25) is 0 Å². The molecule has 2 heteroatoms. The molecule has 0 aromatic rings. The third-order valence-corrected chi connectivity index (χ3v) is 6.92. The molecule has 0 heterocycles. The third kappa shape index (κ3) is 7.89. The lowest BCUT2D eigenvalue weighted by molar-refractivity contribution is 0.0794. The lowest BCUT2D eigenvalue weighted by Gasteiger charge is -2.42. The summed E-state index contributed by atoms with van der Waals surface area (Å²) in [5, 5.41) is 0. The second kappa shape index (κ2) is 14.0. The second-order valence-corrected chi connectivity index (χ2v) is 9.06. The van der Waals surface area contributed by atoms with E-state index >= 15 is 0 Å². The van der Waals surface area contributed by atoms with Crippen LogP contribution in [0.3, 0.4) is 0 Å². The molecular formula is C24H50N2. The summed E-state index contributed by atoms with van der Waals surface area (Å²) in [5.74, 6) is 1.88. The highest BCUT2D eigenvalue weighted by atomic mass is 15.1. The fourth-order valence-corrected chi connectivity index (χ4v) is 5.35. The van der Waals surface area contributed by atoms with Crippen molar-refractivity contribution in [2.45, 2.75) is 117 Å². The molecule has 1 aliphatic rings. The van der Waals surface area contributed by atoms with Crippen LogP contribution >= 0.6 is 0 Å². The summed E-state index contributed by atoms with van der Waals surface area (Å²) >= 11 is 0. The van der Waals surface area contributed by atoms with Crippen molar-refractivity contribution >= 4 is 0 Å². The Bertz CT molecular complexity index is 322. The monoisotopic (exact) mass is 366 g/mol. The Morgan fingerprint density at radius 2 is 1.12 bits per heavy atom. The number of hydrogen-bond acceptors (Lipinski definition) is 2. The first-order valence-corrected chi connectivity index (χ1v) is 12.0. The van der Waals surface area contributed by atoms with Gasteiger partial charge in [-0.1, -0.05) is 53.4 Å². The first kappa shape index (κ1) is 24.0. The van der Waals surface area contributed by atoms with Crippen LogP contribution in [0.2, 0.25) is 0 Å². The predicted molar refractivity (Wildman–Crippen MR) is 118 cm³/mol. The van der Waals surface area contributed by atoms with Crippen LogP contribution in [0, 0.1) is 11.8 Å². The molecule has 1 fully saturated rings. The quantitative estimate of drug-likeness (QED) is 0.342. The van der Waals surface area contributed by atoms with Crippen molar-refractivity contribution in [1.29, 1.82) is 0 Å². The fraction of sp³-hybridized carbons (Fsp3) is 1.00. The maximum atomic E-state index is 2.70. The molecule has 156 valence electrons. The minimum Gasteiger partial charge on any atom is -0.303 e. The fourth-order valence-electron chi connectivity index (χ4n) is 5.35. The average molecular weight is 367 g/mol. The van der Waals surface area contributed by atoms with Gasteiger partial charge in [-0.05, 0) is 90.4 Å². The highest BCUT2D eigenvalue weighted by Gasteiger charge is 2.33. The molecule has 0 amide bonds. The van der Waals surface area contributed by atoms with Crippen molar-refractivity contribution < 1.29 is 0 Å². The Hall–Kier alpha value is -0.0800. The Morgan fingerprint density at radius 1 is 0.615 bits per heavy atom. The second-order valence-electron chi connectivity index (χ2n) is 9.06. The molecule has 26 heavy (non-hydrogen) atoms. The molecule has 1 saturated carbocycles. The van der Waals surface area contributed by atoms with Crippen molar-refractivity contribution in [3.05, 3.63) is 0 Å². The van der Waals surface area contributed by atoms with Gasteiger partial charge in [0.2, 0.25) is 0 Å². The summed E-state index contributed by atoms with van der Waals surface area (Å²) in [6.07, 6.45) is 16.7. The van der Waals surface area contributed by atoms with Crippen molar-refractivity contribution in [3.8, 4) is 0 Å². The standard InChI is InChI=1S/C24H50N2/c1-7-11-14-24(25(5)19-10-4)22-17-15-21(16-18-22)23(13-9-3)26(6)20-12-8-2/h21-24H,7-20H2,1-6H3. The maximum Gasteiger partial charge on any atom is 0.0120 e. The van der Waals surface area contributed by atoms with E-state index in [9.17, 15) is 0 Å². The number of unbranched alkanes of at least 4 members (excludes halogenated alkanes) is 2. The van der Waals surface area contributed by atoms with Crippen molar-refractivity contribution in [1.82, 2.24) is 9.80 Å². The SMILES string of the molecule is CCCCC(C1CCC(C(CCC)N(C)CCCC)CC1)N(C)CCC. The van der Waals surface area contributed by atoms with E-state index in [4.69, 9.17) is 0 Å². The number of rotatable bonds is 14. The van der Waals surface area contributed by atoms with E-state index in [-0.39, 0.29) is 0 Å². The van der Waals surface area contributed by atoms with Crippen LogP contribution < -0.4 is 0 Å². The van der Waals surface area contributed by atoms with Crippen LogP contribution in [-0.4, -0.2) is 49.1 Å². The molecule has 0 radical (unpaired) electrons. The van der Waals surface area contributed by atoms with Crippen LogP contribution in [-0.2, 0) is 0 Å². The molecule has 0 saturated heterocycles. The highest BCUT2D eigenvalue weighted by molar-refractivity contribution is 4.87. The van der Waals surface area contributed by atoms with Gasteiger partial charge in [0.05, 0.1) is 0 Å². The van der Waals surface area contributed by atoms with Gasteiger partial charge in [0.1, 0.15) is 0 Å². The van der Waals surface area contributed by atoms with E-state index < -0.39 is 0 Å². The Kier molecular flexibility index (Phi) is 12.9. The summed E-state index contributed by atoms with van der Waals surface area (Å²) in [5.41, 5.74) is 0. The van der Waals surface area contributed by atoms with Gasteiger partial charge >= 0.3 is 0 Å². The Balaban J connectivity index is 2.62. The summed E-state index contributed by atoms with van der Waals surface area (Å²) < 4.78 is 0. The molecule has 0 aromatic heterocycles. The summed E-state index contributed by atoms with van der Waals surface area (Å²) in [6, 6.07) is 1.66. The molecule has 0 N–H and O–H groups in total. The average Bonchev–Trinajstić information content (AvgIpc) is 2.65. The van der Waals surface area contributed by atoms with Crippen LogP contribution in [0.5, 0.6) is 0 Å². The van der Waals surface area contributed by atoms with Gasteiger partial charge in [-0.2, -0.15) is 0 Å². The molecule has 0 bridgehead atoms. The van der Waals surface area contributed by atoms with Gasteiger partial charge in [0.15, 0.2) is 0 Å². The molecule has 0 aromatic carbocycles. The molecule has 0 spiro atoms. The highest BCUT2D eigenvalue weighted by Crippen LogP contribution is 2.37. The van der Waals surface area contributed by atoms with Crippen molar-refractivity contribution in [3.63, 3.8) is 0 Å². The van der Waals surface area contributed by atoms with E-state index in [1.165, 1.54) is 90.1 Å². The molecule has 2 nitrogen and oxygen atoms in total. The summed E-state index contributed by atoms with van der Waals surface area (Å²) in [6.45, 7) is 11.9. The molecule has 0 aliphatic heterocycles. The van der Waals surface area contributed by atoms with Gasteiger partial charge in [-0.25, -0.2) is 0 Å². The van der Waals surface area contributed by atoms with E-state index in [1.54, 1.807) is 0 Å². The Labute approximate surface area is 166 Å². The third-order valence-electron chi connectivity index (χ3n) is 6.92. The van der Waals surface area contributed by atoms with Gasteiger partial charge in [-0.15, -0.1) is 0 Å². The molecular weight excluding hydrogens is 316 g/mol. The maximum absolute atomic E-state index is 2.70. The minimum atomic E-state index is 0.829. The van der Waals surface area contributed by atoms with E-state index in [1.807, 2.05) is 0 Å². The van der Waals surface area contributed by atoms with Crippen molar-refractivity contribution in [2.75, 3.05) is 27.2 Å².